The van der Waals surface area contributed by atoms with E-state index in [-0.39, 0.29) is 11.5 Å². The number of hydrogen-bond acceptors (Lipinski definition) is 4. The zero-order valence-electron chi connectivity index (χ0n) is 11.1. The summed E-state index contributed by atoms with van der Waals surface area (Å²) in [4.78, 5) is 23.8. The summed E-state index contributed by atoms with van der Waals surface area (Å²) in [6.07, 6.45) is 0. The Morgan fingerprint density at radius 1 is 1.44 bits per heavy atom. The molecule has 5 heteroatoms. The summed E-state index contributed by atoms with van der Waals surface area (Å²) in [6.45, 7) is 6.37. The fourth-order valence-corrected chi connectivity index (χ4v) is 1.90. The van der Waals surface area contributed by atoms with Gasteiger partial charge in [0.25, 0.3) is 5.69 Å². The molecule has 18 heavy (non-hydrogen) atoms. The lowest BCUT2D eigenvalue weighted by atomic mass is 10.1. The number of ketones is 1. The fraction of sp³-hybridized carbons (Fsp3) is 0.462. The number of non-ortho nitro benzene ring substituents is 1. The topological polar surface area (TPSA) is 63.4 Å². The lowest BCUT2D eigenvalue weighted by molar-refractivity contribution is -0.384. The van der Waals surface area contributed by atoms with Gasteiger partial charge in [-0.25, -0.2) is 0 Å². The van der Waals surface area contributed by atoms with Crippen molar-refractivity contribution in [2.75, 3.05) is 18.5 Å². The molecule has 1 rings (SSSR count). The van der Waals surface area contributed by atoms with Gasteiger partial charge in [0.15, 0.2) is 5.78 Å². The Labute approximate surface area is 107 Å². The second-order valence-electron chi connectivity index (χ2n) is 4.79. The van der Waals surface area contributed by atoms with Crippen LogP contribution >= 0.6 is 0 Å². The van der Waals surface area contributed by atoms with Gasteiger partial charge >= 0.3 is 0 Å². The van der Waals surface area contributed by atoms with Gasteiger partial charge in [-0.3, -0.25) is 14.9 Å². The predicted octanol–water partition coefficient (Wildman–Crippen LogP) is 2.89. The van der Waals surface area contributed by atoms with Crippen molar-refractivity contribution in [3.63, 3.8) is 0 Å². The van der Waals surface area contributed by atoms with E-state index in [4.69, 9.17) is 0 Å². The maximum atomic E-state index is 11.6. The van der Waals surface area contributed by atoms with Crippen LogP contribution in [0.15, 0.2) is 18.2 Å². The third kappa shape index (κ3) is 3.29. The monoisotopic (exact) mass is 250 g/mol. The Balaban J connectivity index is 3.19. The molecule has 0 spiro atoms. The summed E-state index contributed by atoms with van der Waals surface area (Å²) in [5, 5.41) is 10.7. The molecular formula is C13H18N2O3. The Bertz CT molecular complexity index is 469. The Kier molecular flexibility index (Phi) is 4.42. The molecule has 0 aliphatic heterocycles. The van der Waals surface area contributed by atoms with Crippen molar-refractivity contribution in [2.24, 2.45) is 5.92 Å². The first-order valence-electron chi connectivity index (χ1n) is 5.83. The largest absolute Gasteiger partial charge is 0.374 e. The number of rotatable bonds is 5. The van der Waals surface area contributed by atoms with Crippen molar-refractivity contribution in [3.8, 4) is 0 Å². The Hall–Kier alpha value is -1.91. The molecule has 0 aliphatic rings. The third-order valence-electron chi connectivity index (χ3n) is 2.62. The molecule has 0 saturated carbocycles. The maximum absolute atomic E-state index is 11.6. The van der Waals surface area contributed by atoms with Crippen LogP contribution in [0.4, 0.5) is 11.4 Å². The highest BCUT2D eigenvalue weighted by Gasteiger charge is 2.16. The highest BCUT2D eigenvalue weighted by atomic mass is 16.6. The number of hydrogen-bond donors (Lipinski definition) is 0. The first kappa shape index (κ1) is 14.2. The summed E-state index contributed by atoms with van der Waals surface area (Å²) >= 11 is 0. The molecule has 0 saturated heterocycles. The molecule has 98 valence electrons. The van der Waals surface area contributed by atoms with E-state index >= 15 is 0 Å². The van der Waals surface area contributed by atoms with E-state index in [9.17, 15) is 14.9 Å². The quantitative estimate of drug-likeness (QED) is 0.458. The highest BCUT2D eigenvalue weighted by Crippen LogP contribution is 2.25. The van der Waals surface area contributed by atoms with Crippen molar-refractivity contribution in [3.05, 3.63) is 33.9 Å². The molecule has 0 aromatic heterocycles. The first-order chi connectivity index (χ1) is 8.32. The van der Waals surface area contributed by atoms with E-state index < -0.39 is 4.92 Å². The smallest absolute Gasteiger partial charge is 0.270 e. The number of anilines is 1. The number of nitro benzene ring substituents is 1. The van der Waals surface area contributed by atoms with Crippen LogP contribution in [0.5, 0.6) is 0 Å². The van der Waals surface area contributed by atoms with Gasteiger partial charge in [-0.05, 0) is 18.9 Å². The van der Waals surface area contributed by atoms with E-state index in [2.05, 4.69) is 13.8 Å². The van der Waals surface area contributed by atoms with Crippen molar-refractivity contribution >= 4 is 17.2 Å². The van der Waals surface area contributed by atoms with Crippen LogP contribution in [0.25, 0.3) is 0 Å². The summed E-state index contributed by atoms with van der Waals surface area (Å²) in [6, 6.07) is 4.41. The summed E-state index contributed by atoms with van der Waals surface area (Å²) in [5.74, 6) is 0.286. The lowest BCUT2D eigenvalue weighted by Crippen LogP contribution is -2.24. The molecule has 0 N–H and O–H groups in total. The minimum atomic E-state index is -0.487. The Morgan fingerprint density at radius 3 is 2.50 bits per heavy atom. The maximum Gasteiger partial charge on any atom is 0.270 e. The second kappa shape index (κ2) is 5.62. The van der Waals surface area contributed by atoms with Crippen LogP contribution in [-0.4, -0.2) is 24.3 Å². The van der Waals surface area contributed by atoms with E-state index in [1.54, 1.807) is 6.07 Å². The van der Waals surface area contributed by atoms with Crippen molar-refractivity contribution in [1.29, 1.82) is 0 Å². The van der Waals surface area contributed by atoms with Crippen LogP contribution in [0.2, 0.25) is 0 Å². The molecule has 0 unspecified atom stereocenters. The molecular weight excluding hydrogens is 232 g/mol. The van der Waals surface area contributed by atoms with Crippen LogP contribution in [0.1, 0.15) is 31.1 Å². The summed E-state index contributed by atoms with van der Waals surface area (Å²) in [7, 11) is 1.88. The van der Waals surface area contributed by atoms with Gasteiger partial charge in [-0.1, -0.05) is 13.8 Å². The predicted molar refractivity (Wildman–Crippen MR) is 71.2 cm³/mol. The highest BCUT2D eigenvalue weighted by molar-refractivity contribution is 6.00. The van der Waals surface area contributed by atoms with Gasteiger partial charge in [-0.2, -0.15) is 0 Å². The molecule has 0 bridgehead atoms. The second-order valence-corrected chi connectivity index (χ2v) is 4.79. The van der Waals surface area contributed by atoms with Crippen LogP contribution in [0.3, 0.4) is 0 Å². The van der Waals surface area contributed by atoms with E-state index in [1.807, 2.05) is 11.9 Å². The average Bonchev–Trinajstić information content (AvgIpc) is 2.26. The summed E-state index contributed by atoms with van der Waals surface area (Å²) in [5.41, 5.74) is 1.08. The SMILES string of the molecule is CC(=O)c1cc([N+](=O)[O-])ccc1N(C)CC(C)C. The van der Waals surface area contributed by atoms with Gasteiger partial charge < -0.3 is 4.90 Å². The molecule has 0 atom stereocenters. The minimum absolute atomic E-state index is 0.0538. The molecule has 0 fully saturated rings. The van der Waals surface area contributed by atoms with E-state index in [0.717, 1.165) is 12.2 Å². The van der Waals surface area contributed by atoms with Gasteiger partial charge in [0.1, 0.15) is 0 Å². The number of carbonyl (C=O) groups is 1. The normalized spacial score (nSPS) is 10.5. The van der Waals surface area contributed by atoms with E-state index in [1.165, 1.54) is 19.1 Å². The molecule has 0 radical (unpaired) electrons. The molecule has 0 aliphatic carbocycles. The van der Waals surface area contributed by atoms with Crippen LogP contribution in [-0.2, 0) is 0 Å². The standard InChI is InChI=1S/C13H18N2O3/c1-9(2)8-14(4)13-6-5-11(15(17)18)7-12(13)10(3)16/h5-7,9H,8H2,1-4H3. The third-order valence-corrected chi connectivity index (χ3v) is 2.62. The number of nitrogens with zero attached hydrogens (tertiary/aromatic N) is 2. The minimum Gasteiger partial charge on any atom is -0.374 e. The molecule has 0 amide bonds. The van der Waals surface area contributed by atoms with Gasteiger partial charge in [0, 0.05) is 37.0 Å². The van der Waals surface area contributed by atoms with Crippen molar-refractivity contribution in [2.45, 2.75) is 20.8 Å². The molecule has 5 nitrogen and oxygen atoms in total. The van der Waals surface area contributed by atoms with Crippen molar-refractivity contribution < 1.29 is 9.72 Å². The number of Topliss-reactive ketones (excluding diaryl/α,β-unsaturated/α-hetero) is 1. The molecule has 1 aromatic carbocycles. The lowest BCUT2D eigenvalue weighted by Gasteiger charge is -2.23. The fourth-order valence-electron chi connectivity index (χ4n) is 1.90. The zero-order chi connectivity index (χ0) is 13.9. The first-order valence-corrected chi connectivity index (χ1v) is 5.83. The van der Waals surface area contributed by atoms with Gasteiger partial charge in [-0.15, -0.1) is 0 Å². The van der Waals surface area contributed by atoms with Gasteiger partial charge in [0.2, 0.25) is 0 Å². The zero-order valence-corrected chi connectivity index (χ0v) is 11.1. The number of nitro groups is 1. The van der Waals surface area contributed by atoms with Crippen LogP contribution < -0.4 is 4.90 Å². The average molecular weight is 250 g/mol. The number of carbonyl (C=O) groups excluding carboxylic acids is 1. The molecule has 1 aromatic rings. The summed E-state index contributed by atoms with van der Waals surface area (Å²) < 4.78 is 0. The Morgan fingerprint density at radius 2 is 2.06 bits per heavy atom. The number of benzene rings is 1. The van der Waals surface area contributed by atoms with Crippen LogP contribution in [0, 0.1) is 16.0 Å². The van der Waals surface area contributed by atoms with Gasteiger partial charge in [0.05, 0.1) is 4.92 Å². The van der Waals surface area contributed by atoms with E-state index in [0.29, 0.717) is 11.5 Å². The molecule has 0 heterocycles. The van der Waals surface area contributed by atoms with Crippen molar-refractivity contribution in [1.82, 2.24) is 0 Å².